The Bertz CT molecular complexity index is 965. The van der Waals surface area contributed by atoms with Gasteiger partial charge in [-0.2, -0.15) is 0 Å². The van der Waals surface area contributed by atoms with Crippen LogP contribution in [0.2, 0.25) is 0 Å². The van der Waals surface area contributed by atoms with Crippen LogP contribution < -0.4 is 0 Å². The van der Waals surface area contributed by atoms with Crippen molar-refractivity contribution in [3.8, 4) is 11.5 Å². The number of phenolic OH excluding ortho intramolecular Hbond substituents is 2. The lowest BCUT2D eigenvalue weighted by Gasteiger charge is -2.70. The Balaban J connectivity index is 1.67. The molecular weight excluding hydrogens is 392 g/mol. The molecule has 0 unspecified atom stereocenters. The van der Waals surface area contributed by atoms with E-state index >= 15 is 0 Å². The lowest BCUT2D eigenvalue weighted by atomic mass is 9.34. The summed E-state index contributed by atoms with van der Waals surface area (Å²) < 4.78 is 0. The molecule has 32 heavy (non-hydrogen) atoms. The van der Waals surface area contributed by atoms with Gasteiger partial charge in [-0.25, -0.2) is 0 Å². The lowest BCUT2D eigenvalue weighted by Crippen LogP contribution is -2.62. The molecule has 0 atom stereocenters. The first-order valence-corrected chi connectivity index (χ1v) is 12.6. The zero-order chi connectivity index (χ0) is 23.1. The van der Waals surface area contributed by atoms with E-state index in [-0.39, 0.29) is 10.8 Å². The first-order valence-electron chi connectivity index (χ1n) is 12.6. The molecule has 4 aliphatic rings. The Morgan fingerprint density at radius 3 is 1.31 bits per heavy atom. The van der Waals surface area contributed by atoms with Crippen molar-refractivity contribution in [2.24, 2.45) is 10.8 Å². The Labute approximate surface area is 194 Å². The molecule has 2 N–H and O–H groups in total. The van der Waals surface area contributed by atoms with Gasteiger partial charge < -0.3 is 10.2 Å². The minimum atomic E-state index is 0.158. The van der Waals surface area contributed by atoms with Crippen LogP contribution in [0.4, 0.5) is 0 Å². The van der Waals surface area contributed by atoms with Crippen LogP contribution >= 0.6 is 0 Å². The molecule has 4 saturated carbocycles. The highest BCUT2D eigenvalue weighted by Crippen LogP contribution is 2.74. The number of rotatable bonds is 4. The minimum absolute atomic E-state index is 0.158. The molecule has 2 nitrogen and oxygen atoms in total. The summed E-state index contributed by atoms with van der Waals surface area (Å²) in [6, 6.07) is 13.0. The second-order valence-electron chi connectivity index (χ2n) is 13.1. The topological polar surface area (TPSA) is 40.5 Å². The van der Waals surface area contributed by atoms with Crippen molar-refractivity contribution in [2.45, 2.75) is 103 Å². The molecule has 4 aliphatic carbocycles. The van der Waals surface area contributed by atoms with Gasteiger partial charge in [0.05, 0.1) is 0 Å². The molecule has 4 bridgehead atoms. The Morgan fingerprint density at radius 2 is 0.969 bits per heavy atom. The molecule has 2 aromatic rings. The average Bonchev–Trinajstić information content (AvgIpc) is 2.65. The molecule has 4 fully saturated rings. The average molecular weight is 433 g/mol. The predicted octanol–water partition coefficient (Wildman–Crippen LogP) is 7.91. The summed E-state index contributed by atoms with van der Waals surface area (Å²) in [4.78, 5) is 0. The minimum Gasteiger partial charge on any atom is -0.508 e. The van der Waals surface area contributed by atoms with Crippen LogP contribution in [-0.4, -0.2) is 10.2 Å². The molecule has 0 amide bonds. The van der Waals surface area contributed by atoms with Crippen LogP contribution in [0.3, 0.4) is 0 Å². The fourth-order valence-electron chi connectivity index (χ4n) is 9.00. The SMILES string of the molecule is CC(C)c1cc(C23CC4(C)CC(C)(C2)CC(c2ccc(O)c(C(C)C)c2)(C4)C3)ccc1O. The van der Waals surface area contributed by atoms with Crippen LogP contribution in [0.1, 0.15) is 114 Å². The van der Waals surface area contributed by atoms with Crippen molar-refractivity contribution in [1.29, 1.82) is 0 Å². The fourth-order valence-corrected chi connectivity index (χ4v) is 9.00. The lowest BCUT2D eigenvalue weighted by molar-refractivity contribution is -0.126. The van der Waals surface area contributed by atoms with Crippen LogP contribution in [0.15, 0.2) is 36.4 Å². The summed E-state index contributed by atoms with van der Waals surface area (Å²) in [7, 11) is 0. The maximum atomic E-state index is 10.5. The van der Waals surface area contributed by atoms with E-state index in [0.717, 1.165) is 11.1 Å². The maximum absolute atomic E-state index is 10.5. The number of hydrogen-bond acceptors (Lipinski definition) is 2. The normalized spacial score (nSPS) is 35.8. The second-order valence-corrected chi connectivity index (χ2v) is 13.1. The predicted molar refractivity (Wildman–Crippen MR) is 132 cm³/mol. The largest absolute Gasteiger partial charge is 0.508 e. The second kappa shape index (κ2) is 6.78. The molecule has 6 rings (SSSR count). The third kappa shape index (κ3) is 3.20. The molecular formula is C30H40O2. The van der Waals surface area contributed by atoms with E-state index in [2.05, 4.69) is 65.8 Å². The van der Waals surface area contributed by atoms with Crippen LogP contribution in [-0.2, 0) is 10.8 Å². The van der Waals surface area contributed by atoms with Gasteiger partial charge in [0.25, 0.3) is 0 Å². The van der Waals surface area contributed by atoms with E-state index in [1.807, 2.05) is 12.1 Å². The zero-order valence-electron chi connectivity index (χ0n) is 20.8. The summed E-state index contributed by atoms with van der Waals surface area (Å²) in [6.45, 7) is 13.7. The molecule has 2 heteroatoms. The van der Waals surface area contributed by atoms with Crippen molar-refractivity contribution in [3.63, 3.8) is 0 Å². The summed E-state index contributed by atoms with van der Waals surface area (Å²) in [5.74, 6) is 1.49. The molecule has 2 aromatic carbocycles. The van der Waals surface area contributed by atoms with Gasteiger partial charge in [0.1, 0.15) is 11.5 Å². The Kier molecular flexibility index (Phi) is 4.63. The fraction of sp³-hybridized carbons (Fsp3) is 0.600. The molecule has 0 aromatic heterocycles. The van der Waals surface area contributed by atoms with E-state index in [1.165, 1.54) is 49.7 Å². The summed E-state index contributed by atoms with van der Waals surface area (Å²) in [5.41, 5.74) is 6.00. The summed E-state index contributed by atoms with van der Waals surface area (Å²) in [6.07, 6.45) is 7.47. The molecule has 172 valence electrons. The first-order chi connectivity index (χ1) is 14.9. The van der Waals surface area contributed by atoms with Crippen molar-refractivity contribution >= 4 is 0 Å². The number of aromatic hydroxyl groups is 2. The highest BCUT2D eigenvalue weighted by atomic mass is 16.3. The molecule has 0 aliphatic heterocycles. The van der Waals surface area contributed by atoms with Crippen molar-refractivity contribution in [1.82, 2.24) is 0 Å². The third-order valence-corrected chi connectivity index (χ3v) is 9.11. The van der Waals surface area contributed by atoms with E-state index < -0.39 is 0 Å². The highest BCUT2D eigenvalue weighted by Gasteiger charge is 2.66. The van der Waals surface area contributed by atoms with Gasteiger partial charge in [-0.3, -0.25) is 0 Å². The smallest absolute Gasteiger partial charge is 0.119 e. The molecule has 0 saturated heterocycles. The monoisotopic (exact) mass is 432 g/mol. The van der Waals surface area contributed by atoms with E-state index in [4.69, 9.17) is 0 Å². The van der Waals surface area contributed by atoms with E-state index in [0.29, 0.717) is 34.2 Å². The van der Waals surface area contributed by atoms with Crippen molar-refractivity contribution < 1.29 is 10.2 Å². The standard InChI is InChI=1S/C30H40O2/c1-19(2)23-11-21(7-9-25(23)31)29-14-27(5)13-28(6,15-29)17-30(16-27,18-29)22-8-10-26(32)24(12-22)20(3)4/h7-12,19-20,31-32H,13-18H2,1-6H3. The summed E-state index contributed by atoms with van der Waals surface area (Å²) >= 11 is 0. The van der Waals surface area contributed by atoms with Gasteiger partial charge in [0.15, 0.2) is 0 Å². The molecule has 0 radical (unpaired) electrons. The molecule has 0 heterocycles. The van der Waals surface area contributed by atoms with Crippen LogP contribution in [0.5, 0.6) is 11.5 Å². The van der Waals surface area contributed by atoms with Gasteiger partial charge >= 0.3 is 0 Å². The van der Waals surface area contributed by atoms with E-state index in [1.54, 1.807) is 0 Å². The molecule has 0 spiro atoms. The number of phenols is 2. The highest BCUT2D eigenvalue weighted by molar-refractivity contribution is 5.47. The Morgan fingerprint density at radius 1 is 0.594 bits per heavy atom. The maximum Gasteiger partial charge on any atom is 0.119 e. The summed E-state index contributed by atoms with van der Waals surface area (Å²) in [5, 5.41) is 21.0. The van der Waals surface area contributed by atoms with Crippen LogP contribution in [0.25, 0.3) is 0 Å². The number of hydrogen-bond donors (Lipinski definition) is 2. The zero-order valence-corrected chi connectivity index (χ0v) is 20.8. The quantitative estimate of drug-likeness (QED) is 0.515. The van der Waals surface area contributed by atoms with Crippen molar-refractivity contribution in [3.05, 3.63) is 58.7 Å². The van der Waals surface area contributed by atoms with Gasteiger partial charge in [0.2, 0.25) is 0 Å². The number of benzene rings is 2. The van der Waals surface area contributed by atoms with Gasteiger partial charge in [-0.15, -0.1) is 0 Å². The Hall–Kier alpha value is -1.96. The van der Waals surface area contributed by atoms with Gasteiger partial charge in [-0.05, 0) is 106 Å². The third-order valence-electron chi connectivity index (χ3n) is 9.11. The van der Waals surface area contributed by atoms with Crippen molar-refractivity contribution in [2.75, 3.05) is 0 Å². The van der Waals surface area contributed by atoms with E-state index in [9.17, 15) is 10.2 Å². The van der Waals surface area contributed by atoms with Gasteiger partial charge in [-0.1, -0.05) is 65.8 Å². The first kappa shape index (κ1) is 21.9. The van der Waals surface area contributed by atoms with Gasteiger partial charge in [0, 0.05) is 0 Å². The van der Waals surface area contributed by atoms with Crippen LogP contribution in [0, 0.1) is 10.8 Å².